The van der Waals surface area contributed by atoms with Gasteiger partial charge in [-0.15, -0.1) is 11.8 Å². The van der Waals surface area contributed by atoms with Crippen LogP contribution >= 0.6 is 0 Å². The largest absolute Gasteiger partial charge is 0.327 e. The zero-order chi connectivity index (χ0) is 9.61. The van der Waals surface area contributed by atoms with Gasteiger partial charge in [-0.3, -0.25) is 0 Å². The minimum absolute atomic E-state index is 0.236. The summed E-state index contributed by atoms with van der Waals surface area (Å²) in [5.41, 5.74) is 6.22. The van der Waals surface area contributed by atoms with E-state index in [2.05, 4.69) is 32.6 Å². The molecule has 0 rings (SSSR count). The summed E-state index contributed by atoms with van der Waals surface area (Å²) in [4.78, 5) is 0. The lowest BCUT2D eigenvalue weighted by atomic mass is 9.84. The van der Waals surface area contributed by atoms with Crippen molar-refractivity contribution in [3.8, 4) is 11.8 Å². The Hall–Kier alpha value is -0.480. The number of hydrogen-bond donors (Lipinski definition) is 1. The van der Waals surface area contributed by atoms with Gasteiger partial charge in [0.25, 0.3) is 0 Å². The predicted molar refractivity (Wildman–Crippen MR) is 54.7 cm³/mol. The monoisotopic (exact) mass is 167 g/mol. The molecule has 1 unspecified atom stereocenters. The molecular formula is C11H21N. The van der Waals surface area contributed by atoms with Crippen molar-refractivity contribution in [2.45, 2.75) is 53.0 Å². The Morgan fingerprint density at radius 1 is 1.33 bits per heavy atom. The quantitative estimate of drug-likeness (QED) is 0.507. The summed E-state index contributed by atoms with van der Waals surface area (Å²) in [7, 11) is 0. The van der Waals surface area contributed by atoms with E-state index in [4.69, 9.17) is 5.73 Å². The first-order valence-electron chi connectivity index (χ1n) is 4.63. The second-order valence-electron chi connectivity index (χ2n) is 4.29. The van der Waals surface area contributed by atoms with Crippen LogP contribution in [0.15, 0.2) is 0 Å². The van der Waals surface area contributed by atoms with Crippen molar-refractivity contribution in [2.24, 2.45) is 11.1 Å². The average molecular weight is 167 g/mol. The average Bonchev–Trinajstić information content (AvgIpc) is 1.96. The standard InChI is InChI=1S/C11H21N/c1-5-6-7-8-9-10(12)11(2,3)4/h10H,7-9,12H2,1-4H3. The van der Waals surface area contributed by atoms with Crippen LogP contribution in [-0.2, 0) is 0 Å². The molecular weight excluding hydrogens is 146 g/mol. The van der Waals surface area contributed by atoms with E-state index in [0.29, 0.717) is 6.04 Å². The van der Waals surface area contributed by atoms with Crippen LogP contribution in [0.25, 0.3) is 0 Å². The van der Waals surface area contributed by atoms with E-state index < -0.39 is 0 Å². The predicted octanol–water partition coefficient (Wildman–Crippen LogP) is 2.55. The molecule has 1 atom stereocenters. The van der Waals surface area contributed by atoms with Crippen molar-refractivity contribution in [3.05, 3.63) is 0 Å². The van der Waals surface area contributed by atoms with Gasteiger partial charge in [-0.05, 0) is 25.2 Å². The molecule has 12 heavy (non-hydrogen) atoms. The van der Waals surface area contributed by atoms with Crippen molar-refractivity contribution < 1.29 is 0 Å². The molecule has 0 aliphatic carbocycles. The van der Waals surface area contributed by atoms with Crippen LogP contribution in [0.4, 0.5) is 0 Å². The second-order valence-corrected chi connectivity index (χ2v) is 4.29. The van der Waals surface area contributed by atoms with Gasteiger partial charge < -0.3 is 5.73 Å². The van der Waals surface area contributed by atoms with E-state index in [1.807, 2.05) is 6.92 Å². The Labute approximate surface area is 76.7 Å². The van der Waals surface area contributed by atoms with E-state index >= 15 is 0 Å². The van der Waals surface area contributed by atoms with Crippen molar-refractivity contribution in [2.75, 3.05) is 0 Å². The summed E-state index contributed by atoms with van der Waals surface area (Å²) in [5.74, 6) is 5.94. The normalized spacial score (nSPS) is 13.4. The molecule has 2 N–H and O–H groups in total. The fourth-order valence-corrected chi connectivity index (χ4v) is 0.968. The van der Waals surface area contributed by atoms with Crippen molar-refractivity contribution in [1.29, 1.82) is 0 Å². The molecule has 0 aromatic heterocycles. The summed E-state index contributed by atoms with van der Waals surface area (Å²) in [6.07, 6.45) is 3.19. The number of nitrogens with two attached hydrogens (primary N) is 1. The van der Waals surface area contributed by atoms with Crippen LogP contribution in [0.1, 0.15) is 47.0 Å². The molecule has 0 amide bonds. The molecule has 0 aliphatic heterocycles. The molecule has 0 saturated heterocycles. The molecule has 0 radical (unpaired) electrons. The van der Waals surface area contributed by atoms with Crippen LogP contribution in [0.2, 0.25) is 0 Å². The Morgan fingerprint density at radius 2 is 1.92 bits per heavy atom. The molecule has 0 aliphatic rings. The van der Waals surface area contributed by atoms with Crippen LogP contribution in [0.3, 0.4) is 0 Å². The first-order chi connectivity index (χ1) is 5.48. The lowest BCUT2D eigenvalue weighted by Crippen LogP contribution is -2.34. The molecule has 0 fully saturated rings. The molecule has 0 heterocycles. The third-order valence-corrected chi connectivity index (χ3v) is 2.11. The minimum atomic E-state index is 0.236. The highest BCUT2D eigenvalue weighted by Gasteiger charge is 2.19. The van der Waals surface area contributed by atoms with Crippen LogP contribution in [0, 0.1) is 17.3 Å². The van der Waals surface area contributed by atoms with Crippen molar-refractivity contribution in [3.63, 3.8) is 0 Å². The molecule has 1 nitrogen and oxygen atoms in total. The molecule has 0 saturated carbocycles. The molecule has 0 aromatic carbocycles. The van der Waals surface area contributed by atoms with Gasteiger partial charge in [0.2, 0.25) is 0 Å². The van der Waals surface area contributed by atoms with Crippen molar-refractivity contribution >= 4 is 0 Å². The van der Waals surface area contributed by atoms with Crippen molar-refractivity contribution in [1.82, 2.24) is 0 Å². The molecule has 0 bridgehead atoms. The Morgan fingerprint density at radius 3 is 2.33 bits per heavy atom. The summed E-state index contributed by atoms with van der Waals surface area (Å²) >= 11 is 0. The highest BCUT2D eigenvalue weighted by Crippen LogP contribution is 2.20. The van der Waals surface area contributed by atoms with E-state index in [1.165, 1.54) is 0 Å². The maximum absolute atomic E-state index is 5.98. The fourth-order valence-electron chi connectivity index (χ4n) is 0.968. The highest BCUT2D eigenvalue weighted by atomic mass is 14.7. The smallest absolute Gasteiger partial charge is 0.00891 e. The molecule has 0 spiro atoms. The zero-order valence-corrected chi connectivity index (χ0v) is 8.78. The molecule has 0 aromatic rings. The van der Waals surface area contributed by atoms with Crippen LogP contribution in [-0.4, -0.2) is 6.04 Å². The Balaban J connectivity index is 3.55. The highest BCUT2D eigenvalue weighted by molar-refractivity contribution is 4.94. The lowest BCUT2D eigenvalue weighted by molar-refractivity contribution is 0.302. The summed E-state index contributed by atoms with van der Waals surface area (Å²) in [6, 6.07) is 0.302. The third kappa shape index (κ3) is 5.21. The summed E-state index contributed by atoms with van der Waals surface area (Å²) in [6.45, 7) is 8.43. The van der Waals surface area contributed by atoms with Gasteiger partial charge in [-0.1, -0.05) is 20.8 Å². The number of rotatable bonds is 3. The second kappa shape index (κ2) is 5.22. The Kier molecular flexibility index (Phi) is 5.01. The number of unbranched alkanes of at least 4 members (excludes halogenated alkanes) is 1. The maximum atomic E-state index is 5.98. The van der Waals surface area contributed by atoms with E-state index in [0.717, 1.165) is 19.3 Å². The van der Waals surface area contributed by atoms with Gasteiger partial charge >= 0.3 is 0 Å². The van der Waals surface area contributed by atoms with Crippen LogP contribution in [0.5, 0.6) is 0 Å². The van der Waals surface area contributed by atoms with Gasteiger partial charge in [-0.2, -0.15) is 0 Å². The van der Waals surface area contributed by atoms with E-state index in [-0.39, 0.29) is 5.41 Å². The molecule has 70 valence electrons. The summed E-state index contributed by atoms with van der Waals surface area (Å²) in [5, 5.41) is 0. The third-order valence-electron chi connectivity index (χ3n) is 2.11. The topological polar surface area (TPSA) is 26.0 Å². The van der Waals surface area contributed by atoms with Gasteiger partial charge in [0.05, 0.1) is 0 Å². The summed E-state index contributed by atoms with van der Waals surface area (Å²) < 4.78 is 0. The fraction of sp³-hybridized carbons (Fsp3) is 0.818. The van der Waals surface area contributed by atoms with Gasteiger partial charge in [0.1, 0.15) is 0 Å². The Bertz CT molecular complexity index is 166. The van der Waals surface area contributed by atoms with Gasteiger partial charge in [-0.25, -0.2) is 0 Å². The zero-order valence-electron chi connectivity index (χ0n) is 8.78. The SMILES string of the molecule is CC#CCCCC(N)C(C)(C)C. The van der Waals surface area contributed by atoms with Crippen LogP contribution < -0.4 is 5.73 Å². The minimum Gasteiger partial charge on any atom is -0.327 e. The lowest BCUT2D eigenvalue weighted by Gasteiger charge is -2.26. The van der Waals surface area contributed by atoms with E-state index in [1.54, 1.807) is 0 Å². The first-order valence-corrected chi connectivity index (χ1v) is 4.63. The van der Waals surface area contributed by atoms with Gasteiger partial charge in [0, 0.05) is 12.5 Å². The first kappa shape index (κ1) is 11.5. The number of hydrogen-bond acceptors (Lipinski definition) is 1. The molecule has 1 heteroatoms. The van der Waals surface area contributed by atoms with Gasteiger partial charge in [0.15, 0.2) is 0 Å². The maximum Gasteiger partial charge on any atom is 0.00891 e. The van der Waals surface area contributed by atoms with E-state index in [9.17, 15) is 0 Å².